The Kier molecular flexibility index (Phi) is 7.03. The van der Waals surface area contributed by atoms with Crippen LogP contribution in [-0.2, 0) is 16.4 Å². The molecule has 0 radical (unpaired) electrons. The number of methoxy groups -OCH3 is 1. The molecule has 0 aliphatic carbocycles. The molecule has 0 heterocycles. The van der Waals surface area contributed by atoms with Crippen LogP contribution in [0.25, 0.3) is 0 Å². The zero-order chi connectivity index (χ0) is 19.0. The first-order chi connectivity index (χ1) is 12.5. The van der Waals surface area contributed by atoms with Gasteiger partial charge in [0, 0.05) is 25.7 Å². The molecule has 7 heteroatoms. The van der Waals surface area contributed by atoms with Crippen LogP contribution >= 0.6 is 0 Å². The van der Waals surface area contributed by atoms with Crippen molar-refractivity contribution in [3.63, 3.8) is 0 Å². The van der Waals surface area contributed by atoms with Crippen LogP contribution in [0.2, 0.25) is 0 Å². The van der Waals surface area contributed by atoms with Crippen LogP contribution in [0, 0.1) is 6.92 Å². The number of hydrogen-bond donors (Lipinski definition) is 2. The van der Waals surface area contributed by atoms with Crippen LogP contribution < -0.4 is 15.4 Å². The topological polar surface area (TPSA) is 79.8 Å². The maximum Gasteiger partial charge on any atom is 0.191 e. The number of benzene rings is 2. The van der Waals surface area contributed by atoms with E-state index < -0.39 is 9.84 Å². The minimum atomic E-state index is -3.31. The van der Waals surface area contributed by atoms with Crippen molar-refractivity contribution in [1.29, 1.82) is 0 Å². The third-order valence-corrected chi connectivity index (χ3v) is 5.61. The number of sulfone groups is 1. The van der Waals surface area contributed by atoms with Gasteiger partial charge >= 0.3 is 0 Å². The smallest absolute Gasteiger partial charge is 0.191 e. The van der Waals surface area contributed by atoms with Gasteiger partial charge in [-0.25, -0.2) is 8.42 Å². The van der Waals surface area contributed by atoms with E-state index in [1.54, 1.807) is 44.5 Å². The first-order valence-corrected chi connectivity index (χ1v) is 9.97. The average molecular weight is 375 g/mol. The van der Waals surface area contributed by atoms with E-state index in [1.165, 1.54) is 0 Å². The van der Waals surface area contributed by atoms with Crippen LogP contribution in [0.5, 0.6) is 5.75 Å². The highest BCUT2D eigenvalue weighted by Crippen LogP contribution is 2.19. The van der Waals surface area contributed by atoms with Crippen molar-refractivity contribution in [2.75, 3.05) is 26.5 Å². The minimum Gasteiger partial charge on any atom is -0.496 e. The fourth-order valence-electron chi connectivity index (χ4n) is 2.45. The Labute approximate surface area is 155 Å². The second-order valence-electron chi connectivity index (χ2n) is 5.80. The van der Waals surface area contributed by atoms with Crippen molar-refractivity contribution in [2.45, 2.75) is 18.4 Å². The number of nitrogens with zero attached hydrogens (tertiary/aromatic N) is 1. The number of hydrogen-bond acceptors (Lipinski definition) is 4. The van der Waals surface area contributed by atoms with Gasteiger partial charge in [-0.1, -0.05) is 30.3 Å². The van der Waals surface area contributed by atoms with Crippen molar-refractivity contribution >= 4 is 15.8 Å². The Hall–Kier alpha value is -2.54. The third-order valence-electron chi connectivity index (χ3n) is 3.88. The van der Waals surface area contributed by atoms with Gasteiger partial charge in [0.1, 0.15) is 5.75 Å². The highest BCUT2D eigenvalue weighted by atomic mass is 32.2. The molecule has 0 atom stereocenters. The fourth-order valence-corrected chi connectivity index (χ4v) is 3.63. The molecule has 2 N–H and O–H groups in total. The first-order valence-electron chi connectivity index (χ1n) is 8.32. The number of aryl methyl sites for hydroxylation is 1. The molecule has 0 spiro atoms. The summed E-state index contributed by atoms with van der Waals surface area (Å²) in [5.74, 6) is 1.33. The summed E-state index contributed by atoms with van der Waals surface area (Å²) in [5.41, 5.74) is 2.12. The Morgan fingerprint density at radius 2 is 1.85 bits per heavy atom. The van der Waals surface area contributed by atoms with Crippen molar-refractivity contribution < 1.29 is 13.2 Å². The lowest BCUT2D eigenvalue weighted by Gasteiger charge is -2.14. The van der Waals surface area contributed by atoms with Crippen molar-refractivity contribution in [3.05, 3.63) is 59.7 Å². The highest BCUT2D eigenvalue weighted by Gasteiger charge is 2.13. The molecule has 0 bridgehead atoms. The van der Waals surface area contributed by atoms with Crippen LogP contribution in [0.15, 0.2) is 58.4 Å². The van der Waals surface area contributed by atoms with Crippen LogP contribution in [0.4, 0.5) is 0 Å². The second-order valence-corrected chi connectivity index (χ2v) is 7.91. The van der Waals surface area contributed by atoms with Gasteiger partial charge < -0.3 is 15.4 Å². The van der Waals surface area contributed by atoms with Gasteiger partial charge in [-0.05, 0) is 30.7 Å². The molecule has 2 rings (SSSR count). The van der Waals surface area contributed by atoms with E-state index >= 15 is 0 Å². The predicted octanol–water partition coefficient (Wildman–Crippen LogP) is 2.14. The molecule has 0 aliphatic heterocycles. The van der Waals surface area contributed by atoms with E-state index in [0.717, 1.165) is 16.9 Å². The molecule has 0 aromatic heterocycles. The number of aliphatic imine (C=N–C) groups is 1. The molecule has 0 saturated heterocycles. The third kappa shape index (κ3) is 5.49. The summed E-state index contributed by atoms with van der Waals surface area (Å²) in [6.45, 7) is 2.80. The summed E-state index contributed by atoms with van der Waals surface area (Å²) in [6, 6.07) is 14.4. The van der Waals surface area contributed by atoms with Gasteiger partial charge in [-0.15, -0.1) is 0 Å². The summed E-state index contributed by atoms with van der Waals surface area (Å²) in [6.07, 6.45) is 0. The van der Waals surface area contributed by atoms with Crippen molar-refractivity contribution in [1.82, 2.24) is 10.6 Å². The summed E-state index contributed by atoms with van der Waals surface area (Å²) in [4.78, 5) is 4.46. The van der Waals surface area contributed by atoms with Gasteiger partial charge in [-0.2, -0.15) is 0 Å². The first kappa shape index (κ1) is 19.8. The molecule has 140 valence electrons. The normalized spacial score (nSPS) is 11.9. The zero-order valence-corrected chi connectivity index (χ0v) is 16.1. The largest absolute Gasteiger partial charge is 0.496 e. The Morgan fingerprint density at radius 1 is 1.12 bits per heavy atom. The van der Waals surface area contributed by atoms with Gasteiger partial charge in [0.05, 0.1) is 17.8 Å². The molecule has 0 fully saturated rings. The fraction of sp³-hybridized carbons (Fsp3) is 0.316. The van der Waals surface area contributed by atoms with Gasteiger partial charge in [0.15, 0.2) is 15.8 Å². The molecule has 0 aliphatic rings. The maximum atomic E-state index is 12.3. The SMILES string of the molecule is CN=C(NCCS(=O)(=O)c1ccccc1)NCc1ccc(C)cc1OC. The molecule has 0 saturated carbocycles. The summed E-state index contributed by atoms with van der Waals surface area (Å²) in [5, 5.41) is 6.20. The lowest BCUT2D eigenvalue weighted by Crippen LogP contribution is -2.39. The Balaban J connectivity index is 1.89. The van der Waals surface area contributed by atoms with Crippen LogP contribution in [-0.4, -0.2) is 40.8 Å². The maximum absolute atomic E-state index is 12.3. The lowest BCUT2D eigenvalue weighted by atomic mass is 10.1. The molecular formula is C19H25N3O3S. The summed E-state index contributed by atoms with van der Waals surface area (Å²) in [7, 11) is -0.0271. The average Bonchev–Trinajstić information content (AvgIpc) is 2.65. The van der Waals surface area contributed by atoms with Gasteiger partial charge in [-0.3, -0.25) is 4.99 Å². The molecule has 0 amide bonds. The number of nitrogens with one attached hydrogen (secondary N) is 2. The Morgan fingerprint density at radius 3 is 2.50 bits per heavy atom. The van der Waals surface area contributed by atoms with E-state index in [4.69, 9.17) is 4.74 Å². The van der Waals surface area contributed by atoms with E-state index in [2.05, 4.69) is 15.6 Å². The molecule has 0 unspecified atom stereocenters. The molecular weight excluding hydrogens is 350 g/mol. The second kappa shape index (κ2) is 9.24. The monoisotopic (exact) mass is 375 g/mol. The number of ether oxygens (including phenoxy) is 1. The molecule has 2 aromatic carbocycles. The molecule has 6 nitrogen and oxygen atoms in total. The van der Waals surface area contributed by atoms with E-state index in [-0.39, 0.29) is 12.3 Å². The lowest BCUT2D eigenvalue weighted by molar-refractivity contribution is 0.408. The predicted molar refractivity (Wildman–Crippen MR) is 104 cm³/mol. The number of rotatable bonds is 7. The van der Waals surface area contributed by atoms with Crippen molar-refractivity contribution in [2.24, 2.45) is 4.99 Å². The van der Waals surface area contributed by atoms with Gasteiger partial charge in [0.2, 0.25) is 0 Å². The minimum absolute atomic E-state index is 0.00837. The van der Waals surface area contributed by atoms with Crippen LogP contribution in [0.1, 0.15) is 11.1 Å². The van der Waals surface area contributed by atoms with E-state index in [9.17, 15) is 8.42 Å². The zero-order valence-electron chi connectivity index (χ0n) is 15.3. The molecule has 26 heavy (non-hydrogen) atoms. The quantitative estimate of drug-likeness (QED) is 0.573. The van der Waals surface area contributed by atoms with E-state index in [1.807, 2.05) is 25.1 Å². The van der Waals surface area contributed by atoms with E-state index in [0.29, 0.717) is 17.4 Å². The molecule has 2 aromatic rings. The summed E-state index contributed by atoms with van der Waals surface area (Å²) < 4.78 is 29.9. The van der Waals surface area contributed by atoms with Gasteiger partial charge in [0.25, 0.3) is 0 Å². The summed E-state index contributed by atoms with van der Waals surface area (Å²) >= 11 is 0. The van der Waals surface area contributed by atoms with Crippen molar-refractivity contribution in [3.8, 4) is 5.75 Å². The number of guanidine groups is 1. The Bertz CT molecular complexity index is 850. The standard InChI is InChI=1S/C19H25N3O3S/c1-15-9-10-16(18(13-15)25-3)14-22-19(20-2)21-11-12-26(23,24)17-7-5-4-6-8-17/h4-10,13H,11-12,14H2,1-3H3,(H2,20,21,22). The highest BCUT2D eigenvalue weighted by molar-refractivity contribution is 7.91. The van der Waals surface area contributed by atoms with Crippen LogP contribution in [0.3, 0.4) is 0 Å².